The van der Waals surface area contributed by atoms with Crippen molar-refractivity contribution in [1.29, 1.82) is 5.41 Å². The third kappa shape index (κ3) is 6.41. The Bertz CT molecular complexity index is 1840. The Balaban J connectivity index is 1.63. The molecule has 4 rings (SSSR count). The number of nitrogens with zero attached hydrogens (tertiary/aromatic N) is 3. The molecule has 6 N–H and O–H groups in total. The minimum atomic E-state index is -1.30. The van der Waals surface area contributed by atoms with Crippen LogP contribution in [0.2, 0.25) is 0 Å². The van der Waals surface area contributed by atoms with Crippen molar-refractivity contribution in [2.24, 2.45) is 0 Å². The molecule has 15 heteroatoms. The number of carbonyl (C=O) groups is 1. The number of halogens is 3. The van der Waals surface area contributed by atoms with Crippen molar-refractivity contribution in [2.45, 2.75) is 26.4 Å². The zero-order valence-electron chi connectivity index (χ0n) is 22.8. The number of ether oxygens (including phenoxy) is 1. The number of anilines is 2. The molecule has 0 spiro atoms. The normalized spacial score (nSPS) is 11.6. The van der Waals surface area contributed by atoms with E-state index in [0.29, 0.717) is 10.6 Å². The van der Waals surface area contributed by atoms with Gasteiger partial charge in [-0.15, -0.1) is 0 Å². The predicted octanol–water partition coefficient (Wildman–Crippen LogP) is 2.75. The van der Waals surface area contributed by atoms with E-state index in [1.807, 2.05) is 0 Å². The van der Waals surface area contributed by atoms with Crippen molar-refractivity contribution in [2.75, 3.05) is 17.7 Å². The molecular formula is C28H26F3N7O5. The summed E-state index contributed by atoms with van der Waals surface area (Å²) in [6, 6.07) is 6.67. The molecule has 0 bridgehead atoms. The van der Waals surface area contributed by atoms with Gasteiger partial charge in [-0.05, 0) is 38.1 Å². The summed E-state index contributed by atoms with van der Waals surface area (Å²) in [4.78, 5) is 43.0. The Morgan fingerprint density at radius 3 is 2.49 bits per heavy atom. The van der Waals surface area contributed by atoms with E-state index in [1.165, 1.54) is 24.4 Å². The first kappa shape index (κ1) is 30.5. The Morgan fingerprint density at radius 1 is 1.09 bits per heavy atom. The third-order valence-electron chi connectivity index (χ3n) is 6.17. The maximum Gasteiger partial charge on any atom is 0.335 e. The van der Waals surface area contributed by atoms with Gasteiger partial charge in [0.15, 0.2) is 23.2 Å². The number of hydrogen-bond donors (Lipinski definition) is 5. The van der Waals surface area contributed by atoms with Crippen LogP contribution in [-0.2, 0) is 6.54 Å². The highest BCUT2D eigenvalue weighted by Crippen LogP contribution is 2.31. The molecule has 0 aliphatic rings. The van der Waals surface area contributed by atoms with Gasteiger partial charge >= 0.3 is 5.69 Å². The molecule has 0 radical (unpaired) electrons. The summed E-state index contributed by atoms with van der Waals surface area (Å²) in [5.41, 5.74) is 3.07. The first-order chi connectivity index (χ1) is 20.4. The van der Waals surface area contributed by atoms with Gasteiger partial charge in [0, 0.05) is 48.9 Å². The maximum atomic E-state index is 15.1. The van der Waals surface area contributed by atoms with Gasteiger partial charge in [-0.1, -0.05) is 0 Å². The topological polar surface area (TPSA) is 177 Å². The van der Waals surface area contributed by atoms with Crippen molar-refractivity contribution in [3.63, 3.8) is 0 Å². The van der Waals surface area contributed by atoms with Gasteiger partial charge in [0.05, 0.1) is 12.3 Å². The number of amides is 1. The predicted molar refractivity (Wildman–Crippen MR) is 151 cm³/mol. The van der Waals surface area contributed by atoms with Crippen molar-refractivity contribution < 1.29 is 27.8 Å². The lowest BCUT2D eigenvalue weighted by atomic mass is 10.2. The van der Waals surface area contributed by atoms with E-state index < -0.39 is 46.2 Å². The van der Waals surface area contributed by atoms with Gasteiger partial charge in [-0.2, -0.15) is 0 Å². The van der Waals surface area contributed by atoms with E-state index >= 15 is 4.39 Å². The molecule has 12 nitrogen and oxygen atoms in total. The van der Waals surface area contributed by atoms with Crippen molar-refractivity contribution in [3.05, 3.63) is 104 Å². The smallest absolute Gasteiger partial charge is 0.335 e. The highest BCUT2D eigenvalue weighted by molar-refractivity contribution is 6.04. The number of pyridine rings is 1. The molecular weight excluding hydrogens is 571 g/mol. The second-order valence-electron chi connectivity index (χ2n) is 9.22. The lowest BCUT2D eigenvalue weighted by Crippen LogP contribution is -2.42. The van der Waals surface area contributed by atoms with Gasteiger partial charge in [-0.3, -0.25) is 19.6 Å². The van der Waals surface area contributed by atoms with E-state index in [1.54, 1.807) is 13.8 Å². The number of amidine groups is 1. The Kier molecular flexibility index (Phi) is 8.95. The molecule has 224 valence electrons. The molecule has 0 aliphatic carbocycles. The van der Waals surface area contributed by atoms with Crippen LogP contribution in [0.15, 0.2) is 64.4 Å². The molecule has 2 heterocycles. The minimum Gasteiger partial charge on any atom is -0.453 e. The fourth-order valence-electron chi connectivity index (χ4n) is 3.97. The lowest BCUT2D eigenvalue weighted by molar-refractivity contribution is 0.102. The number of aliphatic hydroxyl groups excluding tert-OH is 1. The number of benzene rings is 2. The second kappa shape index (κ2) is 12.6. The molecule has 2 aromatic heterocycles. The minimum absolute atomic E-state index is 0.00886. The van der Waals surface area contributed by atoms with Crippen LogP contribution in [-0.4, -0.2) is 43.6 Å². The van der Waals surface area contributed by atoms with E-state index in [9.17, 15) is 28.3 Å². The molecule has 1 amide bonds. The van der Waals surface area contributed by atoms with Crippen molar-refractivity contribution >= 4 is 23.2 Å². The van der Waals surface area contributed by atoms with Crippen molar-refractivity contribution in [1.82, 2.24) is 19.4 Å². The number of hydrogen-bond acceptors (Lipinski definition) is 8. The average Bonchev–Trinajstić information content (AvgIpc) is 2.96. The average molecular weight is 598 g/mol. The van der Waals surface area contributed by atoms with Crippen LogP contribution in [0.5, 0.6) is 11.5 Å². The zero-order chi connectivity index (χ0) is 31.4. The summed E-state index contributed by atoms with van der Waals surface area (Å²) in [6.07, 6.45) is 2.31. The van der Waals surface area contributed by atoms with Crippen molar-refractivity contribution in [3.8, 4) is 17.2 Å². The van der Waals surface area contributed by atoms with E-state index in [4.69, 9.17) is 15.9 Å². The standard InChI is InChI=1S/C28H26F3N7O5/c1-3-37-12-17(27(41)38(28(37)42)16-5-6-18(29)19(30)11-16)26(40)36-15-4-7-21(20(31)10-15)43-22-8-9-34-24(32)23(22)25(33)35-14(2)13-39/h4-12,14,39H,3,13H2,1-2H3,(H2,32,34)(H2,33,35)(H,36,40)/t14-/m0/s1. The monoisotopic (exact) mass is 597 g/mol. The maximum absolute atomic E-state index is 15.1. The van der Waals surface area contributed by atoms with Gasteiger partial charge in [0.1, 0.15) is 28.5 Å². The third-order valence-corrected chi connectivity index (χ3v) is 6.17. The Labute approximate surface area is 241 Å². The largest absolute Gasteiger partial charge is 0.453 e. The van der Waals surface area contributed by atoms with Crippen LogP contribution >= 0.6 is 0 Å². The number of aromatic nitrogens is 3. The van der Waals surface area contributed by atoms with Gasteiger partial charge in [0.2, 0.25) is 0 Å². The van der Waals surface area contributed by atoms with E-state index in [0.717, 1.165) is 29.0 Å². The fourth-order valence-corrected chi connectivity index (χ4v) is 3.97. The summed E-state index contributed by atoms with van der Waals surface area (Å²) >= 11 is 0. The second-order valence-corrected chi connectivity index (χ2v) is 9.22. The quantitative estimate of drug-likeness (QED) is 0.144. The number of nitrogens with one attached hydrogen (secondary N) is 3. The van der Waals surface area contributed by atoms with Crippen LogP contribution < -0.4 is 32.4 Å². The Hall–Kier alpha value is -5.44. The first-order valence-corrected chi connectivity index (χ1v) is 12.8. The number of aryl methyl sites for hydroxylation is 1. The first-order valence-electron chi connectivity index (χ1n) is 12.8. The van der Waals surface area contributed by atoms with Crippen LogP contribution in [0.25, 0.3) is 5.69 Å². The number of nitrogen functional groups attached to an aromatic ring is 1. The summed E-state index contributed by atoms with van der Waals surface area (Å²) in [6.45, 7) is 2.97. The Morgan fingerprint density at radius 2 is 1.84 bits per heavy atom. The number of rotatable bonds is 9. The van der Waals surface area contributed by atoms with Crippen LogP contribution in [0, 0.1) is 22.9 Å². The molecule has 0 fully saturated rings. The van der Waals surface area contributed by atoms with E-state index in [2.05, 4.69) is 15.6 Å². The highest BCUT2D eigenvalue weighted by Gasteiger charge is 2.21. The molecule has 2 aromatic carbocycles. The molecule has 1 atom stereocenters. The fraction of sp³-hybridized carbons (Fsp3) is 0.179. The number of nitrogens with two attached hydrogens (primary N) is 1. The van der Waals surface area contributed by atoms with Crippen LogP contribution in [0.3, 0.4) is 0 Å². The van der Waals surface area contributed by atoms with Gasteiger partial charge in [-0.25, -0.2) is 27.5 Å². The molecule has 0 saturated carbocycles. The molecule has 0 unspecified atom stereocenters. The van der Waals surface area contributed by atoms with Crippen LogP contribution in [0.4, 0.5) is 24.7 Å². The summed E-state index contributed by atoms with van der Waals surface area (Å²) in [5, 5.41) is 22.6. The highest BCUT2D eigenvalue weighted by atomic mass is 19.2. The molecule has 4 aromatic rings. The summed E-state index contributed by atoms with van der Waals surface area (Å²) in [5.74, 6) is -5.02. The van der Waals surface area contributed by atoms with Crippen LogP contribution in [0.1, 0.15) is 29.8 Å². The van der Waals surface area contributed by atoms with Gasteiger partial charge < -0.3 is 26.2 Å². The molecule has 43 heavy (non-hydrogen) atoms. The zero-order valence-corrected chi connectivity index (χ0v) is 22.8. The lowest BCUT2D eigenvalue weighted by Gasteiger charge is -2.18. The number of aliphatic hydroxyl groups is 1. The summed E-state index contributed by atoms with van der Waals surface area (Å²) < 4.78 is 49.6. The summed E-state index contributed by atoms with van der Waals surface area (Å²) in [7, 11) is 0. The molecule has 0 aliphatic heterocycles. The SMILES string of the molecule is CCn1cc(C(=O)Nc2ccc(Oc3ccnc(N)c3C(=N)N[C@@H](C)CO)c(F)c2)c(=O)n(-c2ccc(F)c(F)c2)c1=O. The van der Waals surface area contributed by atoms with Gasteiger partial charge in [0.25, 0.3) is 11.5 Å². The van der Waals surface area contributed by atoms with E-state index in [-0.39, 0.29) is 53.2 Å². The molecule has 0 saturated heterocycles. The number of carbonyl (C=O) groups excluding carboxylic acids is 1.